The largest absolute Gasteiger partial charge is 0.672 e. The minimum Gasteiger partial charge on any atom is -0.672 e. The molecule has 0 aromatic carbocycles. The summed E-state index contributed by atoms with van der Waals surface area (Å²) in [5, 5.41) is 0. The van der Waals surface area contributed by atoms with Crippen molar-refractivity contribution >= 4 is 24.8 Å². The summed E-state index contributed by atoms with van der Waals surface area (Å²) in [6.45, 7) is 0. The Kier molecular flexibility index (Phi) is 5.51. The van der Waals surface area contributed by atoms with Crippen molar-refractivity contribution in [3.05, 3.63) is 5.73 Å². The van der Waals surface area contributed by atoms with Gasteiger partial charge in [-0.2, -0.15) is 0 Å². The first-order valence-electron chi connectivity index (χ1n) is 4.98. The fourth-order valence-corrected chi connectivity index (χ4v) is 4.11. The van der Waals surface area contributed by atoms with Crippen LogP contribution in [0.1, 0.15) is 38.5 Å². The Labute approximate surface area is 114 Å². The average molecular weight is 271 g/mol. The molecule has 14 heavy (non-hydrogen) atoms. The molecule has 0 atom stereocenters. The maximum atomic E-state index is 8.21. The number of rotatable bonds is 0. The molecule has 0 aliphatic heterocycles. The molecule has 0 amide bonds. The molecule has 0 heterocycles. The quantitative estimate of drug-likeness (QED) is 0.597. The van der Waals surface area contributed by atoms with Gasteiger partial charge >= 0.3 is 0 Å². The van der Waals surface area contributed by atoms with Crippen molar-refractivity contribution in [3.63, 3.8) is 0 Å². The minimum absolute atomic E-state index is 0. The molecule has 1 nitrogen and oxygen atoms in total. The predicted molar refractivity (Wildman–Crippen MR) is 59.7 cm³/mol. The van der Waals surface area contributed by atoms with E-state index < -0.39 is 0 Å². The fourth-order valence-electron chi connectivity index (χ4n) is 4.11. The topological polar surface area (TPSA) is 23.8 Å². The molecule has 4 heteroatoms. The van der Waals surface area contributed by atoms with E-state index in [4.69, 9.17) is 5.73 Å². The summed E-state index contributed by atoms with van der Waals surface area (Å²) >= 11 is 0. The Morgan fingerprint density at radius 2 is 1.07 bits per heavy atom. The normalized spacial score (nSPS) is 47.4. The van der Waals surface area contributed by atoms with Crippen LogP contribution in [0.15, 0.2) is 0 Å². The standard InChI is InChI=1S/C10H16N.2ClH.Ti/c11-10-4-7-1-8(5-10)3-9(2-7)6-10;;;/h7-9,11H,1-6H2;2*1H;/q-1;;;. The fraction of sp³-hybridized carbons (Fsp3) is 1.00. The van der Waals surface area contributed by atoms with Gasteiger partial charge in [0.15, 0.2) is 0 Å². The van der Waals surface area contributed by atoms with E-state index in [1.54, 1.807) is 0 Å². The van der Waals surface area contributed by atoms with Gasteiger partial charge in [0.25, 0.3) is 0 Å². The minimum atomic E-state index is 0. The summed E-state index contributed by atoms with van der Waals surface area (Å²) in [4.78, 5) is 0. The van der Waals surface area contributed by atoms with Gasteiger partial charge in [-0.05, 0) is 37.0 Å². The smallest absolute Gasteiger partial charge is 0 e. The van der Waals surface area contributed by atoms with Crippen LogP contribution >= 0.6 is 24.8 Å². The third kappa shape index (κ3) is 2.49. The van der Waals surface area contributed by atoms with Gasteiger partial charge in [-0.25, -0.2) is 0 Å². The Bertz CT molecular complexity index is 163. The molecule has 0 aromatic heterocycles. The van der Waals surface area contributed by atoms with Crippen LogP contribution in [0.5, 0.6) is 0 Å². The van der Waals surface area contributed by atoms with Crippen molar-refractivity contribution in [2.75, 3.05) is 0 Å². The molecule has 4 fully saturated rings. The Balaban J connectivity index is 0.000000563. The molecule has 0 radical (unpaired) electrons. The van der Waals surface area contributed by atoms with Crippen molar-refractivity contribution in [1.82, 2.24) is 0 Å². The van der Waals surface area contributed by atoms with E-state index in [1.165, 1.54) is 38.5 Å². The molecule has 0 unspecified atom stereocenters. The summed E-state index contributed by atoms with van der Waals surface area (Å²) in [5.41, 5.74) is 8.26. The average Bonchev–Trinajstić information content (AvgIpc) is 1.79. The summed E-state index contributed by atoms with van der Waals surface area (Å²) < 4.78 is 0. The Morgan fingerprint density at radius 1 is 0.786 bits per heavy atom. The van der Waals surface area contributed by atoms with E-state index in [0.29, 0.717) is 0 Å². The summed E-state index contributed by atoms with van der Waals surface area (Å²) in [7, 11) is 0. The number of halogens is 2. The molecule has 1 N–H and O–H groups in total. The monoisotopic (exact) mass is 270 g/mol. The van der Waals surface area contributed by atoms with E-state index in [9.17, 15) is 0 Å². The zero-order valence-electron chi connectivity index (χ0n) is 8.29. The number of nitrogens with one attached hydrogen (secondary N) is 1. The second kappa shape index (κ2) is 5.06. The van der Waals surface area contributed by atoms with Gasteiger partial charge in [0.05, 0.1) is 0 Å². The van der Waals surface area contributed by atoms with Gasteiger partial charge in [-0.15, -0.1) is 30.4 Å². The third-order valence-corrected chi connectivity index (χ3v) is 4.04. The van der Waals surface area contributed by atoms with Gasteiger partial charge in [-0.1, -0.05) is 19.3 Å². The number of hydrogen-bond acceptors (Lipinski definition) is 0. The second-order valence-corrected chi connectivity index (χ2v) is 5.20. The molecule has 4 bridgehead atoms. The van der Waals surface area contributed by atoms with Gasteiger partial charge in [0, 0.05) is 21.7 Å². The van der Waals surface area contributed by atoms with Crippen LogP contribution in [-0.2, 0) is 21.7 Å². The van der Waals surface area contributed by atoms with Crippen molar-refractivity contribution in [1.29, 1.82) is 0 Å². The Hall–Kier alpha value is 1.25. The first-order valence-corrected chi connectivity index (χ1v) is 4.98. The molecule has 0 saturated heterocycles. The molecule has 0 spiro atoms. The van der Waals surface area contributed by atoms with E-state index in [1.807, 2.05) is 0 Å². The zero-order valence-corrected chi connectivity index (χ0v) is 11.5. The van der Waals surface area contributed by atoms with Crippen LogP contribution in [0.2, 0.25) is 0 Å². The van der Waals surface area contributed by atoms with Gasteiger partial charge in [0.2, 0.25) is 0 Å². The zero-order chi connectivity index (χ0) is 7.47. The Morgan fingerprint density at radius 3 is 1.29 bits per heavy atom. The van der Waals surface area contributed by atoms with Crippen molar-refractivity contribution < 1.29 is 21.7 Å². The SMILES string of the molecule is Cl.Cl.[NH-]C12CC3CC(CC(C3)C1)C2.[Ti]. The van der Waals surface area contributed by atoms with Crippen LogP contribution in [0.3, 0.4) is 0 Å². The molecule has 4 saturated carbocycles. The molecule has 4 aliphatic carbocycles. The first-order chi connectivity index (χ1) is 5.23. The summed E-state index contributed by atoms with van der Waals surface area (Å²) in [6, 6.07) is 0. The van der Waals surface area contributed by atoms with Crippen LogP contribution in [0.4, 0.5) is 0 Å². The van der Waals surface area contributed by atoms with E-state index >= 15 is 0 Å². The third-order valence-electron chi connectivity index (χ3n) is 4.04. The van der Waals surface area contributed by atoms with Crippen molar-refractivity contribution in [2.45, 2.75) is 44.1 Å². The van der Waals surface area contributed by atoms with Crippen molar-refractivity contribution in [3.8, 4) is 0 Å². The number of hydrogen-bond donors (Lipinski definition) is 0. The van der Waals surface area contributed by atoms with Crippen LogP contribution < -0.4 is 0 Å². The maximum absolute atomic E-state index is 8.21. The summed E-state index contributed by atoms with van der Waals surface area (Å²) in [6.07, 6.45) is 8.12. The van der Waals surface area contributed by atoms with E-state index in [0.717, 1.165) is 17.8 Å². The van der Waals surface area contributed by atoms with Gasteiger partial charge < -0.3 is 5.73 Å². The van der Waals surface area contributed by atoms with E-state index in [-0.39, 0.29) is 52.1 Å². The van der Waals surface area contributed by atoms with Gasteiger partial charge in [-0.3, -0.25) is 0 Å². The molecule has 4 aliphatic rings. The molecular weight excluding hydrogens is 253 g/mol. The molecule has 0 aromatic rings. The predicted octanol–water partition coefficient (Wildman–Crippen LogP) is 3.85. The van der Waals surface area contributed by atoms with Crippen LogP contribution in [0.25, 0.3) is 5.73 Å². The van der Waals surface area contributed by atoms with Crippen LogP contribution in [0, 0.1) is 17.8 Å². The maximum Gasteiger partial charge on any atom is 0 e. The van der Waals surface area contributed by atoms with Crippen molar-refractivity contribution in [2.24, 2.45) is 17.8 Å². The molecular formula is C10H18Cl2NTi-. The first kappa shape index (κ1) is 15.3. The second-order valence-electron chi connectivity index (χ2n) is 5.20. The molecule has 4 rings (SSSR count). The molecule has 82 valence electrons. The van der Waals surface area contributed by atoms with Crippen LogP contribution in [-0.4, -0.2) is 5.54 Å². The summed E-state index contributed by atoms with van der Waals surface area (Å²) in [5.74, 6) is 2.87. The van der Waals surface area contributed by atoms with E-state index in [2.05, 4.69) is 0 Å². The van der Waals surface area contributed by atoms with Gasteiger partial charge in [0.1, 0.15) is 0 Å².